The van der Waals surface area contributed by atoms with E-state index in [1.165, 1.54) is 16.7 Å². The topological polar surface area (TPSA) is 77.3 Å². The van der Waals surface area contributed by atoms with E-state index in [-0.39, 0.29) is 16.2 Å². The Kier molecular flexibility index (Phi) is 12.6. The van der Waals surface area contributed by atoms with E-state index in [0.29, 0.717) is 17.5 Å². The summed E-state index contributed by atoms with van der Waals surface area (Å²) in [5.41, 5.74) is 19.4. The number of pyridine rings is 3. The molecule has 6 nitrogen and oxygen atoms in total. The smallest absolute Gasteiger partial charge is 0.164 e. The number of hydrogen-bond donors (Lipinski definition) is 0. The predicted molar refractivity (Wildman–Crippen MR) is 298 cm³/mol. The van der Waals surface area contributed by atoms with E-state index in [9.17, 15) is 0 Å². The molecule has 4 heterocycles. The molecule has 0 spiro atoms. The Labute approximate surface area is 425 Å². The summed E-state index contributed by atoms with van der Waals surface area (Å²) >= 11 is 0. The molecule has 0 fully saturated rings. The van der Waals surface area contributed by atoms with Crippen molar-refractivity contribution in [3.63, 3.8) is 0 Å². The van der Waals surface area contributed by atoms with Crippen molar-refractivity contribution in [2.24, 2.45) is 0 Å². The van der Waals surface area contributed by atoms with Crippen LogP contribution >= 0.6 is 0 Å². The summed E-state index contributed by atoms with van der Waals surface area (Å²) in [6.45, 7) is 20.3. The zero-order valence-corrected chi connectivity index (χ0v) is 42.7. The number of aromatic nitrogens is 6. The first kappa shape index (κ1) is 47.5. The third-order valence-corrected chi connectivity index (χ3v) is 13.4. The molecule has 10 rings (SSSR count). The average molecular weight is 937 g/mol. The maximum atomic E-state index is 5.33. The Morgan fingerprint density at radius 1 is 0.236 bits per heavy atom. The van der Waals surface area contributed by atoms with Gasteiger partial charge >= 0.3 is 0 Å². The summed E-state index contributed by atoms with van der Waals surface area (Å²) in [4.78, 5) is 29.4. The lowest BCUT2D eigenvalue weighted by Crippen LogP contribution is -2.11. The third-order valence-electron chi connectivity index (χ3n) is 13.4. The van der Waals surface area contributed by atoms with Crippen LogP contribution in [0, 0.1) is 0 Å². The number of benzene rings is 6. The van der Waals surface area contributed by atoms with Crippen molar-refractivity contribution < 1.29 is 0 Å². The normalized spacial score (nSPS) is 12.0. The molecule has 72 heavy (non-hydrogen) atoms. The first-order valence-electron chi connectivity index (χ1n) is 24.8. The average Bonchev–Trinajstić information content (AvgIpc) is 3.40. The van der Waals surface area contributed by atoms with Crippen LogP contribution in [-0.4, -0.2) is 29.9 Å². The fourth-order valence-corrected chi connectivity index (χ4v) is 9.06. The zero-order chi connectivity index (χ0) is 50.2. The van der Waals surface area contributed by atoms with Gasteiger partial charge in [-0.25, -0.2) is 15.0 Å². The SMILES string of the molecule is CC(C)(C)c1cc(-c2cccnc2)cc(-c2cccc(-c3nc(-c4cccc(-c5cc(-c6cccnc6)cc(C(C)(C)C)c5)c4)nc(-c4cccc(-c5cc(-c6cccnc6)cc(C(C)(C)C)c5)c4)n3)c2)c1. The van der Waals surface area contributed by atoms with Crippen molar-refractivity contribution in [1.29, 1.82) is 0 Å². The van der Waals surface area contributed by atoms with Crippen molar-refractivity contribution in [3.8, 4) is 101 Å². The third kappa shape index (κ3) is 10.5. The Balaban J connectivity index is 1.13. The Morgan fingerprint density at radius 2 is 0.458 bits per heavy atom. The van der Waals surface area contributed by atoms with E-state index in [0.717, 1.165) is 83.5 Å². The van der Waals surface area contributed by atoms with Gasteiger partial charge in [0, 0.05) is 70.6 Å². The monoisotopic (exact) mass is 936 g/mol. The molecule has 4 aromatic heterocycles. The zero-order valence-electron chi connectivity index (χ0n) is 42.7. The molecule has 0 atom stereocenters. The van der Waals surface area contributed by atoms with E-state index in [2.05, 4.69) is 223 Å². The molecule has 0 bridgehead atoms. The second-order valence-electron chi connectivity index (χ2n) is 21.9. The van der Waals surface area contributed by atoms with Crippen molar-refractivity contribution in [2.75, 3.05) is 0 Å². The first-order chi connectivity index (χ1) is 34.5. The molecule has 0 aliphatic heterocycles. The molecule has 354 valence electrons. The Bertz CT molecular complexity index is 3170. The van der Waals surface area contributed by atoms with Gasteiger partial charge in [-0.15, -0.1) is 0 Å². The standard InChI is InChI=1S/C66H60N6/c1-64(2,3)58-34-52(31-55(37-58)49-22-13-25-67-40-49)43-16-10-19-46(28-43)61-70-62(47-20-11-17-44(29-47)53-32-56(50-23-14-26-68-41-50)38-59(35-53)65(4,5)6)72-63(71-61)48-21-12-18-45(30-48)54-33-57(51-24-15-27-69-42-51)39-60(36-54)66(7,8)9/h10-42H,1-9H3. The van der Waals surface area contributed by atoms with Crippen LogP contribution in [0.5, 0.6) is 0 Å². The highest BCUT2D eigenvalue weighted by Gasteiger charge is 2.21. The lowest BCUT2D eigenvalue weighted by molar-refractivity contribution is 0.590. The van der Waals surface area contributed by atoms with Gasteiger partial charge in [0.05, 0.1) is 0 Å². The van der Waals surface area contributed by atoms with Gasteiger partial charge < -0.3 is 0 Å². The van der Waals surface area contributed by atoms with Gasteiger partial charge in [-0.05, 0) is 138 Å². The highest BCUT2D eigenvalue weighted by Crippen LogP contribution is 2.39. The van der Waals surface area contributed by atoms with Gasteiger partial charge in [0.15, 0.2) is 17.5 Å². The summed E-state index contributed by atoms with van der Waals surface area (Å²) in [5.74, 6) is 1.78. The molecular weight excluding hydrogens is 877 g/mol. The van der Waals surface area contributed by atoms with Crippen LogP contribution in [0.4, 0.5) is 0 Å². The minimum Gasteiger partial charge on any atom is -0.264 e. The predicted octanol–water partition coefficient (Wildman–Crippen LogP) is 17.0. The van der Waals surface area contributed by atoms with Gasteiger partial charge in [0.2, 0.25) is 0 Å². The number of nitrogens with zero attached hydrogens (tertiary/aromatic N) is 6. The highest BCUT2D eigenvalue weighted by molar-refractivity contribution is 5.81. The summed E-state index contributed by atoms with van der Waals surface area (Å²) < 4.78 is 0. The maximum absolute atomic E-state index is 5.33. The Morgan fingerprint density at radius 3 is 0.694 bits per heavy atom. The fraction of sp³-hybridized carbons (Fsp3) is 0.182. The fourth-order valence-electron chi connectivity index (χ4n) is 9.06. The molecule has 6 heteroatoms. The van der Waals surface area contributed by atoms with Crippen LogP contribution in [0.3, 0.4) is 0 Å². The van der Waals surface area contributed by atoms with Gasteiger partial charge in [0.25, 0.3) is 0 Å². The Hall–Kier alpha value is -8.22. The summed E-state index contributed by atoms with van der Waals surface area (Å²) in [7, 11) is 0. The van der Waals surface area contributed by atoms with Gasteiger partial charge in [-0.3, -0.25) is 15.0 Å². The van der Waals surface area contributed by atoms with Crippen LogP contribution in [-0.2, 0) is 16.2 Å². The number of hydrogen-bond acceptors (Lipinski definition) is 6. The molecular formula is C66H60N6. The van der Waals surface area contributed by atoms with Crippen molar-refractivity contribution in [2.45, 2.75) is 78.6 Å². The summed E-state index contributed by atoms with van der Waals surface area (Å²) in [5, 5.41) is 0. The molecule has 0 unspecified atom stereocenters. The van der Waals surface area contributed by atoms with Crippen LogP contribution in [0.1, 0.15) is 79.0 Å². The van der Waals surface area contributed by atoms with Crippen LogP contribution in [0.2, 0.25) is 0 Å². The largest absolute Gasteiger partial charge is 0.264 e. The number of rotatable bonds is 9. The van der Waals surface area contributed by atoms with E-state index in [4.69, 9.17) is 15.0 Å². The molecule has 10 aromatic rings. The lowest BCUT2D eigenvalue weighted by Gasteiger charge is -2.22. The van der Waals surface area contributed by atoms with E-state index in [1.54, 1.807) is 0 Å². The van der Waals surface area contributed by atoms with Crippen LogP contribution < -0.4 is 0 Å². The molecule has 0 aliphatic rings. The van der Waals surface area contributed by atoms with Gasteiger partial charge in [-0.2, -0.15) is 0 Å². The van der Waals surface area contributed by atoms with E-state index < -0.39 is 0 Å². The molecule has 0 saturated heterocycles. The highest BCUT2D eigenvalue weighted by atomic mass is 15.0. The second kappa shape index (κ2) is 19.2. The molecule has 0 amide bonds. The maximum Gasteiger partial charge on any atom is 0.164 e. The molecule has 0 radical (unpaired) electrons. The van der Waals surface area contributed by atoms with Crippen molar-refractivity contribution in [3.05, 3.63) is 218 Å². The molecule has 0 aliphatic carbocycles. The van der Waals surface area contributed by atoms with Crippen LogP contribution in [0.15, 0.2) is 201 Å². The summed E-state index contributed by atoms with van der Waals surface area (Å²) in [6, 6.07) is 58.7. The van der Waals surface area contributed by atoms with E-state index in [1.807, 2.05) is 55.4 Å². The van der Waals surface area contributed by atoms with Crippen LogP contribution in [0.25, 0.3) is 101 Å². The first-order valence-corrected chi connectivity index (χ1v) is 24.8. The van der Waals surface area contributed by atoms with Crippen molar-refractivity contribution >= 4 is 0 Å². The van der Waals surface area contributed by atoms with E-state index >= 15 is 0 Å². The summed E-state index contributed by atoms with van der Waals surface area (Å²) in [6.07, 6.45) is 11.3. The lowest BCUT2D eigenvalue weighted by atomic mass is 9.83. The van der Waals surface area contributed by atoms with Gasteiger partial charge in [-0.1, -0.05) is 172 Å². The molecule has 0 saturated carbocycles. The van der Waals surface area contributed by atoms with Crippen molar-refractivity contribution in [1.82, 2.24) is 29.9 Å². The second-order valence-corrected chi connectivity index (χ2v) is 21.9. The quantitative estimate of drug-likeness (QED) is 0.143. The minimum atomic E-state index is -0.0750. The van der Waals surface area contributed by atoms with Gasteiger partial charge in [0.1, 0.15) is 0 Å². The minimum absolute atomic E-state index is 0.0750. The molecule has 0 N–H and O–H groups in total. The molecule has 6 aromatic carbocycles.